The lowest BCUT2D eigenvalue weighted by Gasteiger charge is -2.23. The average Bonchev–Trinajstić information content (AvgIpc) is 2.92. The fourth-order valence-corrected chi connectivity index (χ4v) is 3.10. The van der Waals surface area contributed by atoms with Crippen molar-refractivity contribution in [3.8, 4) is 0 Å². The molecule has 0 radical (unpaired) electrons. The first-order valence-corrected chi connectivity index (χ1v) is 8.11. The molecule has 0 aliphatic carbocycles. The van der Waals surface area contributed by atoms with Crippen LogP contribution in [-0.2, 0) is 14.4 Å². The molecule has 0 spiro atoms. The van der Waals surface area contributed by atoms with Crippen LogP contribution in [0.4, 0.5) is 5.69 Å². The van der Waals surface area contributed by atoms with E-state index >= 15 is 0 Å². The molecule has 0 unspecified atom stereocenters. The zero-order valence-corrected chi connectivity index (χ0v) is 14.3. The van der Waals surface area contributed by atoms with Crippen molar-refractivity contribution in [3.05, 3.63) is 81.4 Å². The van der Waals surface area contributed by atoms with Gasteiger partial charge in [-0.15, -0.1) is 0 Å². The molecule has 2 N–H and O–H groups in total. The highest BCUT2D eigenvalue weighted by Crippen LogP contribution is 2.39. The van der Waals surface area contributed by atoms with Crippen LogP contribution in [0.15, 0.2) is 60.2 Å². The number of nitrogens with zero attached hydrogens (tertiary/aromatic N) is 2. The predicted molar refractivity (Wildman–Crippen MR) is 96.2 cm³/mol. The molecule has 1 atom stereocenters. The summed E-state index contributed by atoms with van der Waals surface area (Å²) in [5.41, 5.74) is -0.213. The molecular formula is C19H14N2O7. The molecule has 142 valence electrons. The van der Waals surface area contributed by atoms with E-state index in [1.807, 2.05) is 0 Å². The maximum atomic E-state index is 12.6. The van der Waals surface area contributed by atoms with Crippen LogP contribution in [-0.4, -0.2) is 44.2 Å². The van der Waals surface area contributed by atoms with Crippen molar-refractivity contribution < 1.29 is 29.5 Å². The molecule has 1 fully saturated rings. The fraction of sp³-hybridized carbons (Fsp3) is 0.105. The number of carboxylic acid groups (broad SMARTS) is 1. The Bertz CT molecular complexity index is 1010. The van der Waals surface area contributed by atoms with Crippen LogP contribution in [0.3, 0.4) is 0 Å². The number of nitro groups is 1. The predicted octanol–water partition coefficient (Wildman–Crippen LogP) is 2.10. The minimum absolute atomic E-state index is 0.145. The van der Waals surface area contributed by atoms with Gasteiger partial charge in [-0.3, -0.25) is 24.5 Å². The van der Waals surface area contributed by atoms with Crippen LogP contribution in [0, 0.1) is 10.1 Å². The minimum Gasteiger partial charge on any atom is -0.507 e. The fourth-order valence-electron chi connectivity index (χ4n) is 3.10. The van der Waals surface area contributed by atoms with Crippen LogP contribution in [0.1, 0.15) is 17.2 Å². The van der Waals surface area contributed by atoms with Crippen molar-refractivity contribution >= 4 is 29.1 Å². The molecule has 2 aromatic rings. The van der Waals surface area contributed by atoms with Gasteiger partial charge >= 0.3 is 5.97 Å². The summed E-state index contributed by atoms with van der Waals surface area (Å²) >= 11 is 0. The molecule has 1 heterocycles. The number of likely N-dealkylation sites (tertiary alicyclic amines) is 1. The van der Waals surface area contributed by atoms with E-state index in [4.69, 9.17) is 5.11 Å². The van der Waals surface area contributed by atoms with Gasteiger partial charge in [0.1, 0.15) is 12.3 Å². The number of benzene rings is 2. The summed E-state index contributed by atoms with van der Waals surface area (Å²) in [6, 6.07) is 11.8. The van der Waals surface area contributed by atoms with E-state index in [-0.39, 0.29) is 22.4 Å². The number of aliphatic hydroxyl groups excluding tert-OH is 1. The Morgan fingerprint density at radius 3 is 2.36 bits per heavy atom. The van der Waals surface area contributed by atoms with Crippen molar-refractivity contribution in [2.75, 3.05) is 6.54 Å². The standard InChI is InChI=1S/C19H14N2O7/c22-14(23)10-20-16(12-7-4-8-13(9-12)21(27)28)15(18(25)19(20)26)17(24)11-5-2-1-3-6-11/h1-9,16,24H,10H2,(H,22,23)/b17-15+/t16-/m1/s1. The third-order valence-corrected chi connectivity index (χ3v) is 4.29. The molecule has 1 aliphatic rings. The number of Topliss-reactive ketones (excluding diaryl/α,β-unsaturated/α-hetero) is 1. The first-order chi connectivity index (χ1) is 13.3. The van der Waals surface area contributed by atoms with E-state index in [0.29, 0.717) is 0 Å². The van der Waals surface area contributed by atoms with Gasteiger partial charge in [-0.25, -0.2) is 0 Å². The molecular weight excluding hydrogens is 368 g/mol. The summed E-state index contributed by atoms with van der Waals surface area (Å²) in [6.45, 7) is -0.802. The third kappa shape index (κ3) is 3.32. The lowest BCUT2D eigenvalue weighted by atomic mass is 9.95. The van der Waals surface area contributed by atoms with Crippen LogP contribution in [0.25, 0.3) is 5.76 Å². The molecule has 0 aromatic heterocycles. The number of amides is 1. The molecule has 1 aliphatic heterocycles. The number of rotatable bonds is 5. The number of ketones is 1. The molecule has 3 rings (SSSR count). The summed E-state index contributed by atoms with van der Waals surface area (Å²) in [5.74, 6) is -4.00. The highest BCUT2D eigenvalue weighted by atomic mass is 16.6. The lowest BCUT2D eigenvalue weighted by molar-refractivity contribution is -0.384. The summed E-state index contributed by atoms with van der Waals surface area (Å²) in [4.78, 5) is 47.4. The minimum atomic E-state index is -1.36. The first-order valence-electron chi connectivity index (χ1n) is 8.11. The van der Waals surface area contributed by atoms with Crippen LogP contribution in [0.2, 0.25) is 0 Å². The Labute approximate surface area is 158 Å². The first kappa shape index (κ1) is 18.8. The van der Waals surface area contributed by atoms with E-state index in [9.17, 15) is 29.6 Å². The average molecular weight is 382 g/mol. The van der Waals surface area contributed by atoms with E-state index < -0.39 is 40.9 Å². The second-order valence-corrected chi connectivity index (χ2v) is 6.04. The number of nitro benzene ring substituents is 1. The summed E-state index contributed by atoms with van der Waals surface area (Å²) in [6.07, 6.45) is 0. The second-order valence-electron chi connectivity index (χ2n) is 6.04. The largest absolute Gasteiger partial charge is 0.507 e. The highest BCUT2D eigenvalue weighted by molar-refractivity contribution is 6.46. The molecule has 28 heavy (non-hydrogen) atoms. The summed E-state index contributed by atoms with van der Waals surface area (Å²) in [5, 5.41) is 30.9. The maximum absolute atomic E-state index is 12.6. The lowest BCUT2D eigenvalue weighted by Crippen LogP contribution is -2.34. The Balaban J connectivity index is 2.23. The number of aliphatic carboxylic acids is 1. The van der Waals surface area contributed by atoms with Crippen LogP contribution in [0.5, 0.6) is 0 Å². The van der Waals surface area contributed by atoms with E-state index in [0.717, 1.165) is 11.0 Å². The Kier molecular flexibility index (Phi) is 4.90. The van der Waals surface area contributed by atoms with Crippen molar-refractivity contribution in [2.45, 2.75) is 6.04 Å². The zero-order chi connectivity index (χ0) is 20.4. The molecule has 2 aromatic carbocycles. The van der Waals surface area contributed by atoms with Gasteiger partial charge in [0.05, 0.1) is 16.5 Å². The number of carboxylic acids is 1. The Morgan fingerprint density at radius 2 is 1.75 bits per heavy atom. The summed E-state index contributed by atoms with van der Waals surface area (Å²) < 4.78 is 0. The molecule has 1 amide bonds. The number of carbonyl (C=O) groups is 3. The number of aliphatic hydroxyl groups is 1. The van der Waals surface area contributed by atoms with Gasteiger partial charge in [-0.2, -0.15) is 0 Å². The number of hydrogen-bond acceptors (Lipinski definition) is 6. The van der Waals surface area contributed by atoms with Crippen molar-refractivity contribution in [2.24, 2.45) is 0 Å². The summed E-state index contributed by atoms with van der Waals surface area (Å²) in [7, 11) is 0. The monoisotopic (exact) mass is 382 g/mol. The van der Waals surface area contributed by atoms with Gasteiger partial charge in [0.25, 0.3) is 17.4 Å². The van der Waals surface area contributed by atoms with Crippen molar-refractivity contribution in [1.82, 2.24) is 4.90 Å². The number of carbonyl (C=O) groups excluding carboxylic acids is 2. The van der Waals surface area contributed by atoms with E-state index in [1.165, 1.54) is 30.3 Å². The topological polar surface area (TPSA) is 138 Å². The quantitative estimate of drug-likeness (QED) is 0.265. The highest BCUT2D eigenvalue weighted by Gasteiger charge is 2.47. The van der Waals surface area contributed by atoms with Crippen molar-refractivity contribution in [3.63, 3.8) is 0 Å². The van der Waals surface area contributed by atoms with Crippen LogP contribution < -0.4 is 0 Å². The zero-order valence-electron chi connectivity index (χ0n) is 14.3. The van der Waals surface area contributed by atoms with Crippen LogP contribution >= 0.6 is 0 Å². The molecule has 0 saturated carbocycles. The van der Waals surface area contributed by atoms with Gasteiger partial charge < -0.3 is 15.1 Å². The van der Waals surface area contributed by atoms with E-state index in [2.05, 4.69) is 0 Å². The third-order valence-electron chi connectivity index (χ3n) is 4.29. The van der Waals surface area contributed by atoms with E-state index in [1.54, 1.807) is 18.2 Å². The van der Waals surface area contributed by atoms with Gasteiger partial charge in [0.15, 0.2) is 0 Å². The Morgan fingerprint density at radius 1 is 1.07 bits per heavy atom. The van der Waals surface area contributed by atoms with Gasteiger partial charge in [0, 0.05) is 17.7 Å². The van der Waals surface area contributed by atoms with Gasteiger partial charge in [-0.1, -0.05) is 42.5 Å². The second kappa shape index (κ2) is 7.31. The molecule has 1 saturated heterocycles. The molecule has 9 heteroatoms. The SMILES string of the molecule is O=C(O)CN1C(=O)C(=O)/C(=C(/O)c2ccccc2)[C@H]1c1cccc([N+](=O)[O-])c1. The van der Waals surface area contributed by atoms with Gasteiger partial charge in [-0.05, 0) is 5.56 Å². The smallest absolute Gasteiger partial charge is 0.323 e. The maximum Gasteiger partial charge on any atom is 0.323 e. The Hall–Kier alpha value is -4.01. The van der Waals surface area contributed by atoms with Crippen molar-refractivity contribution in [1.29, 1.82) is 0 Å². The normalized spacial score (nSPS) is 18.3. The van der Waals surface area contributed by atoms with Gasteiger partial charge in [0.2, 0.25) is 0 Å². The molecule has 0 bridgehead atoms. The number of hydrogen-bond donors (Lipinski definition) is 2. The molecule has 9 nitrogen and oxygen atoms in total. The number of non-ortho nitro benzene ring substituents is 1.